The summed E-state index contributed by atoms with van der Waals surface area (Å²) in [7, 11) is 4.57. The minimum absolute atomic E-state index is 0.315. The van der Waals surface area contributed by atoms with Crippen LogP contribution in [-0.4, -0.2) is 9.13 Å². The Labute approximate surface area is 159 Å². The lowest BCUT2D eigenvalue weighted by atomic mass is 9.65. The van der Waals surface area contributed by atoms with E-state index in [0.29, 0.717) is 10.8 Å². The first-order valence-corrected chi connectivity index (χ1v) is 10.3. The van der Waals surface area contributed by atoms with Crippen molar-refractivity contribution in [1.82, 2.24) is 9.13 Å². The Kier molecular flexibility index (Phi) is 2.33. The SMILES string of the molecule is Cn1c2c(c3ccccc31)[C@]13CCC[C@@]1(C2)c1c(n(C)c2ccccc12)C3. The second-order valence-electron chi connectivity index (χ2n) is 9.17. The molecular weight excluding hydrogens is 328 g/mol. The number of hydrogen-bond acceptors (Lipinski definition) is 0. The molecule has 27 heavy (non-hydrogen) atoms. The first kappa shape index (κ1) is 14.6. The van der Waals surface area contributed by atoms with Crippen LogP contribution in [0.5, 0.6) is 0 Å². The Morgan fingerprint density at radius 3 is 1.59 bits per heavy atom. The summed E-state index contributed by atoms with van der Waals surface area (Å²) in [6, 6.07) is 18.2. The zero-order chi connectivity index (χ0) is 18.0. The van der Waals surface area contributed by atoms with Gasteiger partial charge in [0.2, 0.25) is 0 Å². The smallest absolute Gasteiger partial charge is 0.0483 e. The largest absolute Gasteiger partial charge is 0.347 e. The quantitative estimate of drug-likeness (QED) is 0.415. The Hall–Kier alpha value is -2.48. The molecule has 0 aliphatic heterocycles. The average molecular weight is 352 g/mol. The third kappa shape index (κ3) is 1.33. The number of aryl methyl sites for hydroxylation is 2. The van der Waals surface area contributed by atoms with E-state index in [0.717, 1.165) is 0 Å². The van der Waals surface area contributed by atoms with Crippen LogP contribution in [-0.2, 0) is 37.8 Å². The summed E-state index contributed by atoms with van der Waals surface area (Å²) in [5.41, 5.74) is 10.1. The van der Waals surface area contributed by atoms with Gasteiger partial charge in [-0.25, -0.2) is 0 Å². The minimum atomic E-state index is 0.315. The minimum Gasteiger partial charge on any atom is -0.347 e. The summed E-state index contributed by atoms with van der Waals surface area (Å²) in [5, 5.41) is 3.02. The third-order valence-electron chi connectivity index (χ3n) is 8.48. The molecule has 0 unspecified atom stereocenters. The van der Waals surface area contributed by atoms with E-state index in [-0.39, 0.29) is 0 Å². The molecule has 2 aromatic carbocycles. The molecule has 2 heteroatoms. The molecular formula is C25H24N2. The van der Waals surface area contributed by atoms with Crippen LogP contribution in [0.2, 0.25) is 0 Å². The van der Waals surface area contributed by atoms with Crippen LogP contribution in [0.25, 0.3) is 21.8 Å². The van der Waals surface area contributed by atoms with Crippen LogP contribution in [0, 0.1) is 0 Å². The van der Waals surface area contributed by atoms with Gasteiger partial charge in [-0.3, -0.25) is 0 Å². The molecule has 0 bridgehead atoms. The topological polar surface area (TPSA) is 9.86 Å². The molecule has 2 heterocycles. The molecule has 134 valence electrons. The molecule has 1 saturated carbocycles. The molecule has 0 spiro atoms. The number of rotatable bonds is 0. The highest BCUT2D eigenvalue weighted by Gasteiger charge is 2.67. The van der Waals surface area contributed by atoms with Gasteiger partial charge in [0, 0.05) is 58.1 Å². The van der Waals surface area contributed by atoms with Crippen LogP contribution in [0.15, 0.2) is 48.5 Å². The number of hydrogen-bond donors (Lipinski definition) is 0. The highest BCUT2D eigenvalue weighted by Crippen LogP contribution is 2.70. The van der Waals surface area contributed by atoms with Gasteiger partial charge in [0.05, 0.1) is 0 Å². The molecule has 2 aromatic heterocycles. The van der Waals surface area contributed by atoms with Crippen LogP contribution in [0.1, 0.15) is 41.8 Å². The van der Waals surface area contributed by atoms with Crippen LogP contribution in [0.3, 0.4) is 0 Å². The maximum atomic E-state index is 2.50. The van der Waals surface area contributed by atoms with E-state index in [9.17, 15) is 0 Å². The van der Waals surface area contributed by atoms with Crippen molar-refractivity contribution in [2.45, 2.75) is 42.9 Å². The Morgan fingerprint density at radius 1 is 0.667 bits per heavy atom. The molecule has 0 radical (unpaired) electrons. The molecule has 3 aliphatic carbocycles. The molecule has 2 nitrogen and oxygen atoms in total. The number of fused-ring (bicyclic) bond motifs is 6. The molecule has 7 rings (SSSR count). The Balaban J connectivity index is 1.62. The van der Waals surface area contributed by atoms with Crippen molar-refractivity contribution in [2.24, 2.45) is 14.1 Å². The number of benzene rings is 2. The zero-order valence-corrected chi connectivity index (χ0v) is 16.0. The van der Waals surface area contributed by atoms with E-state index in [1.165, 1.54) is 53.9 Å². The van der Waals surface area contributed by atoms with Crippen molar-refractivity contribution in [3.05, 3.63) is 71.0 Å². The maximum absolute atomic E-state index is 2.50. The second-order valence-corrected chi connectivity index (χ2v) is 9.17. The maximum Gasteiger partial charge on any atom is 0.0483 e. The lowest BCUT2D eigenvalue weighted by Gasteiger charge is -2.36. The van der Waals surface area contributed by atoms with E-state index in [1.807, 2.05) is 0 Å². The van der Waals surface area contributed by atoms with Gasteiger partial charge < -0.3 is 9.13 Å². The standard InChI is InChI=1S/C25H24N2/c1-26-18-10-5-3-8-16(18)22-20(26)14-24-12-7-13-25(22,24)15-21-23(24)17-9-4-6-11-19(17)27(21)2/h3-6,8-11H,7,12-15H2,1-2H3/t24-,25-/m1/s1. The summed E-state index contributed by atoms with van der Waals surface area (Å²) in [4.78, 5) is 0. The monoisotopic (exact) mass is 352 g/mol. The molecule has 2 atom stereocenters. The summed E-state index contributed by atoms with van der Waals surface area (Å²) < 4.78 is 5.01. The fraction of sp³-hybridized carbons (Fsp3) is 0.360. The third-order valence-corrected chi connectivity index (χ3v) is 8.48. The summed E-state index contributed by atoms with van der Waals surface area (Å²) in [6.07, 6.45) is 6.49. The molecule has 0 saturated heterocycles. The molecule has 0 N–H and O–H groups in total. The predicted octanol–water partition coefficient (Wildman–Crippen LogP) is 5.14. The van der Waals surface area contributed by atoms with E-state index < -0.39 is 0 Å². The molecule has 1 fully saturated rings. The number of nitrogens with zero attached hydrogens (tertiary/aromatic N) is 2. The highest BCUT2D eigenvalue weighted by molar-refractivity contribution is 5.93. The summed E-state index contributed by atoms with van der Waals surface area (Å²) in [6.45, 7) is 0. The van der Waals surface area contributed by atoms with Crippen molar-refractivity contribution in [3.8, 4) is 0 Å². The van der Waals surface area contributed by atoms with Gasteiger partial charge in [-0.2, -0.15) is 0 Å². The van der Waals surface area contributed by atoms with Gasteiger partial charge >= 0.3 is 0 Å². The van der Waals surface area contributed by atoms with Crippen LogP contribution in [0.4, 0.5) is 0 Å². The van der Waals surface area contributed by atoms with Crippen LogP contribution < -0.4 is 0 Å². The lowest BCUT2D eigenvalue weighted by molar-refractivity contribution is 0.311. The second kappa shape index (κ2) is 4.32. The van der Waals surface area contributed by atoms with E-state index >= 15 is 0 Å². The average Bonchev–Trinajstić information content (AvgIpc) is 3.38. The highest BCUT2D eigenvalue weighted by atomic mass is 15.0. The van der Waals surface area contributed by atoms with Gasteiger partial charge in [0.1, 0.15) is 0 Å². The fourth-order valence-corrected chi connectivity index (χ4v) is 7.54. The van der Waals surface area contributed by atoms with Gasteiger partial charge in [-0.15, -0.1) is 0 Å². The summed E-state index contributed by atoms with van der Waals surface area (Å²) >= 11 is 0. The predicted molar refractivity (Wildman–Crippen MR) is 110 cm³/mol. The first-order valence-electron chi connectivity index (χ1n) is 10.3. The first-order chi connectivity index (χ1) is 13.2. The van der Waals surface area contributed by atoms with Gasteiger partial charge in [-0.1, -0.05) is 42.8 Å². The van der Waals surface area contributed by atoms with Crippen molar-refractivity contribution in [3.63, 3.8) is 0 Å². The lowest BCUT2D eigenvalue weighted by Crippen LogP contribution is -2.38. The van der Waals surface area contributed by atoms with Gasteiger partial charge in [-0.05, 0) is 48.9 Å². The van der Waals surface area contributed by atoms with Crippen LogP contribution >= 0.6 is 0 Å². The number of aromatic nitrogens is 2. The molecule has 3 aliphatic rings. The Bertz CT molecular complexity index is 1190. The van der Waals surface area contributed by atoms with Gasteiger partial charge in [0.15, 0.2) is 0 Å². The fourth-order valence-electron chi connectivity index (χ4n) is 7.54. The molecule has 4 aromatic rings. The van der Waals surface area contributed by atoms with Crippen molar-refractivity contribution < 1.29 is 0 Å². The molecule has 0 amide bonds. The van der Waals surface area contributed by atoms with Crippen molar-refractivity contribution in [2.75, 3.05) is 0 Å². The normalized spacial score (nSPS) is 27.9. The van der Waals surface area contributed by atoms with E-state index in [1.54, 1.807) is 22.5 Å². The zero-order valence-electron chi connectivity index (χ0n) is 16.0. The van der Waals surface area contributed by atoms with Crippen molar-refractivity contribution in [1.29, 1.82) is 0 Å². The van der Waals surface area contributed by atoms with Crippen molar-refractivity contribution >= 4 is 21.8 Å². The number of para-hydroxylation sites is 2. The Morgan fingerprint density at radius 2 is 1.11 bits per heavy atom. The van der Waals surface area contributed by atoms with E-state index in [2.05, 4.69) is 71.8 Å². The van der Waals surface area contributed by atoms with Gasteiger partial charge in [0.25, 0.3) is 0 Å². The van der Waals surface area contributed by atoms with E-state index in [4.69, 9.17) is 0 Å². The summed E-state index contributed by atoms with van der Waals surface area (Å²) in [5.74, 6) is 0.